The average Bonchev–Trinajstić information content (AvgIpc) is 3.18. The molecule has 4 unspecified atom stereocenters. The van der Waals surface area contributed by atoms with Crippen LogP contribution in [0.5, 0.6) is 0 Å². The molecular weight excluding hydrogens is 262 g/mol. The fourth-order valence-corrected chi connectivity index (χ4v) is 5.71. The zero-order valence-corrected chi connectivity index (χ0v) is 13.0. The molecule has 2 aliphatic rings. The largest absolute Gasteiger partial charge is 0.312 e. The van der Waals surface area contributed by atoms with Crippen molar-refractivity contribution in [3.05, 3.63) is 35.2 Å². The Morgan fingerprint density at radius 1 is 1.25 bits per heavy atom. The maximum atomic E-state index is 3.58. The second-order valence-electron chi connectivity index (χ2n) is 6.70. The maximum absolute atomic E-state index is 3.58. The minimum Gasteiger partial charge on any atom is -0.312 e. The molecule has 1 N–H and O–H groups in total. The molecule has 0 aliphatic heterocycles. The van der Waals surface area contributed by atoms with Crippen LogP contribution < -0.4 is 5.32 Å². The normalized spacial score (nSPS) is 30.1. The van der Waals surface area contributed by atoms with Gasteiger partial charge >= 0.3 is 0 Å². The van der Waals surface area contributed by atoms with E-state index in [0.29, 0.717) is 6.04 Å². The van der Waals surface area contributed by atoms with E-state index in [1.807, 2.05) is 11.3 Å². The number of fused-ring (bicyclic) bond motifs is 3. The van der Waals surface area contributed by atoms with E-state index in [4.69, 9.17) is 0 Å². The summed E-state index contributed by atoms with van der Waals surface area (Å²) in [5.41, 5.74) is 0. The molecule has 1 aromatic carbocycles. The van der Waals surface area contributed by atoms with E-state index in [-0.39, 0.29) is 0 Å². The van der Waals surface area contributed by atoms with Crippen LogP contribution >= 0.6 is 11.3 Å². The molecule has 1 heterocycles. The quantitative estimate of drug-likeness (QED) is 0.834. The summed E-state index contributed by atoms with van der Waals surface area (Å²) in [6, 6.07) is 11.7. The van der Waals surface area contributed by atoms with E-state index in [0.717, 1.165) is 17.8 Å². The molecular formula is C18H23NS. The molecule has 1 nitrogen and oxygen atoms in total. The highest BCUT2D eigenvalue weighted by Gasteiger charge is 2.40. The van der Waals surface area contributed by atoms with E-state index in [1.165, 1.54) is 47.1 Å². The number of nitrogens with one attached hydrogen (secondary N) is 1. The van der Waals surface area contributed by atoms with Gasteiger partial charge in [0.2, 0.25) is 0 Å². The number of hydrogen-bond donors (Lipinski definition) is 1. The van der Waals surface area contributed by atoms with Gasteiger partial charge in [-0.25, -0.2) is 0 Å². The van der Waals surface area contributed by atoms with Crippen molar-refractivity contribution in [3.63, 3.8) is 0 Å². The summed E-state index contributed by atoms with van der Waals surface area (Å²) in [6.45, 7) is 0. The minimum absolute atomic E-state index is 0.553. The first-order valence-electron chi connectivity index (χ1n) is 7.99. The molecule has 2 fully saturated rings. The zero-order valence-electron chi connectivity index (χ0n) is 12.1. The van der Waals surface area contributed by atoms with Crippen LogP contribution in [0.3, 0.4) is 0 Å². The fourth-order valence-electron chi connectivity index (χ4n) is 4.52. The number of hydrogen-bond acceptors (Lipinski definition) is 2. The van der Waals surface area contributed by atoms with Crippen LogP contribution in [-0.4, -0.2) is 7.05 Å². The Hall–Kier alpha value is -0.860. The van der Waals surface area contributed by atoms with Gasteiger partial charge in [-0.15, -0.1) is 11.3 Å². The first kappa shape index (κ1) is 12.8. The fraction of sp³-hybridized carbons (Fsp3) is 0.556. The Balaban J connectivity index is 1.55. The Morgan fingerprint density at radius 3 is 2.85 bits per heavy atom. The van der Waals surface area contributed by atoms with Crippen molar-refractivity contribution in [2.24, 2.45) is 17.8 Å². The molecule has 0 saturated heterocycles. The topological polar surface area (TPSA) is 12.0 Å². The SMILES string of the molecule is CNC(CC1CC2CCC1C2)c1cc2ccccc2s1. The predicted molar refractivity (Wildman–Crippen MR) is 87.2 cm³/mol. The lowest BCUT2D eigenvalue weighted by Crippen LogP contribution is -2.21. The van der Waals surface area contributed by atoms with E-state index in [2.05, 4.69) is 42.7 Å². The van der Waals surface area contributed by atoms with Gasteiger partial charge in [-0.3, -0.25) is 0 Å². The van der Waals surface area contributed by atoms with Gasteiger partial charge in [0.1, 0.15) is 0 Å². The molecule has 0 spiro atoms. The summed E-state index contributed by atoms with van der Waals surface area (Å²) < 4.78 is 1.43. The Kier molecular flexibility index (Phi) is 3.31. The summed E-state index contributed by atoms with van der Waals surface area (Å²) in [6.07, 6.45) is 7.36. The minimum atomic E-state index is 0.553. The van der Waals surface area contributed by atoms with E-state index < -0.39 is 0 Å². The number of thiophene rings is 1. The van der Waals surface area contributed by atoms with Crippen LogP contribution in [0.25, 0.3) is 10.1 Å². The van der Waals surface area contributed by atoms with Crippen LogP contribution in [0.2, 0.25) is 0 Å². The van der Waals surface area contributed by atoms with Crippen molar-refractivity contribution >= 4 is 21.4 Å². The Morgan fingerprint density at radius 2 is 2.15 bits per heavy atom. The van der Waals surface area contributed by atoms with Gasteiger partial charge in [-0.05, 0) is 68.0 Å². The first-order chi connectivity index (χ1) is 9.83. The standard InChI is InChI=1S/C18H23NS/c1-19-16(10-15-9-12-6-7-13(15)8-12)18-11-14-4-2-3-5-17(14)20-18/h2-5,11-13,15-16,19H,6-10H2,1H3. The molecule has 0 amide bonds. The van der Waals surface area contributed by atoms with Gasteiger partial charge in [0.05, 0.1) is 0 Å². The highest BCUT2D eigenvalue weighted by Crippen LogP contribution is 2.51. The summed E-state index contributed by atoms with van der Waals surface area (Å²) >= 11 is 1.97. The lowest BCUT2D eigenvalue weighted by atomic mass is 9.84. The third kappa shape index (κ3) is 2.19. The van der Waals surface area contributed by atoms with Crippen LogP contribution in [0, 0.1) is 17.8 Å². The average molecular weight is 285 g/mol. The summed E-state index contributed by atoms with van der Waals surface area (Å²) in [5, 5.41) is 4.98. The number of benzene rings is 1. The van der Waals surface area contributed by atoms with Crippen molar-refractivity contribution in [2.75, 3.05) is 7.05 Å². The molecule has 2 saturated carbocycles. The van der Waals surface area contributed by atoms with Gasteiger partial charge in [0.25, 0.3) is 0 Å². The van der Waals surface area contributed by atoms with Crippen molar-refractivity contribution in [1.82, 2.24) is 5.32 Å². The molecule has 2 aliphatic carbocycles. The molecule has 0 radical (unpaired) electrons. The highest BCUT2D eigenvalue weighted by molar-refractivity contribution is 7.19. The Labute approximate surface area is 125 Å². The van der Waals surface area contributed by atoms with E-state index >= 15 is 0 Å². The second kappa shape index (κ2) is 5.16. The molecule has 1 aromatic heterocycles. The first-order valence-corrected chi connectivity index (χ1v) is 8.81. The highest BCUT2D eigenvalue weighted by atomic mass is 32.1. The lowest BCUT2D eigenvalue weighted by molar-refractivity contribution is 0.285. The molecule has 106 valence electrons. The zero-order chi connectivity index (χ0) is 13.5. The van der Waals surface area contributed by atoms with Gasteiger partial charge in [-0.2, -0.15) is 0 Å². The third-order valence-electron chi connectivity index (χ3n) is 5.56. The van der Waals surface area contributed by atoms with Crippen molar-refractivity contribution in [3.8, 4) is 0 Å². The summed E-state index contributed by atoms with van der Waals surface area (Å²) in [4.78, 5) is 1.52. The van der Waals surface area contributed by atoms with Crippen LogP contribution in [0.4, 0.5) is 0 Å². The van der Waals surface area contributed by atoms with Gasteiger partial charge in [0.15, 0.2) is 0 Å². The van der Waals surface area contributed by atoms with Gasteiger partial charge in [-0.1, -0.05) is 24.6 Å². The van der Waals surface area contributed by atoms with Crippen LogP contribution in [-0.2, 0) is 0 Å². The molecule has 4 rings (SSSR count). The smallest absolute Gasteiger partial charge is 0.0415 e. The third-order valence-corrected chi connectivity index (χ3v) is 6.79. The Bertz CT molecular complexity index is 569. The predicted octanol–water partition coefficient (Wildman–Crippen LogP) is 4.99. The summed E-state index contributed by atoms with van der Waals surface area (Å²) in [7, 11) is 2.13. The van der Waals surface area contributed by atoms with Crippen molar-refractivity contribution in [1.29, 1.82) is 0 Å². The van der Waals surface area contributed by atoms with Crippen molar-refractivity contribution in [2.45, 2.75) is 38.1 Å². The monoisotopic (exact) mass is 285 g/mol. The van der Waals surface area contributed by atoms with Crippen LogP contribution in [0.15, 0.2) is 30.3 Å². The van der Waals surface area contributed by atoms with Gasteiger partial charge < -0.3 is 5.32 Å². The van der Waals surface area contributed by atoms with E-state index in [9.17, 15) is 0 Å². The maximum Gasteiger partial charge on any atom is 0.0415 e. The molecule has 20 heavy (non-hydrogen) atoms. The second-order valence-corrected chi connectivity index (χ2v) is 7.81. The van der Waals surface area contributed by atoms with Gasteiger partial charge in [0, 0.05) is 15.6 Å². The molecule has 2 bridgehead atoms. The van der Waals surface area contributed by atoms with Crippen molar-refractivity contribution < 1.29 is 0 Å². The number of rotatable bonds is 4. The summed E-state index contributed by atoms with van der Waals surface area (Å²) in [5.74, 6) is 3.06. The lowest BCUT2D eigenvalue weighted by Gasteiger charge is -2.26. The van der Waals surface area contributed by atoms with Crippen LogP contribution in [0.1, 0.15) is 43.0 Å². The van der Waals surface area contributed by atoms with E-state index in [1.54, 1.807) is 0 Å². The molecule has 2 aromatic rings. The molecule has 4 atom stereocenters. The molecule has 2 heteroatoms.